The lowest BCUT2D eigenvalue weighted by Gasteiger charge is -2.25. The maximum absolute atomic E-state index is 15.0. The number of aryl methyl sites for hydroxylation is 2. The van der Waals surface area contributed by atoms with Crippen LogP contribution in [-0.4, -0.2) is 22.7 Å². The quantitative estimate of drug-likeness (QED) is 0.743. The Bertz CT molecular complexity index is 1010. The summed E-state index contributed by atoms with van der Waals surface area (Å²) in [7, 11) is 0. The van der Waals surface area contributed by atoms with Gasteiger partial charge in [0.1, 0.15) is 17.5 Å². The van der Waals surface area contributed by atoms with Gasteiger partial charge in [-0.25, -0.2) is 9.18 Å². The summed E-state index contributed by atoms with van der Waals surface area (Å²) in [5, 5.41) is 13.0. The molecule has 0 aliphatic heterocycles. The third-order valence-corrected chi connectivity index (χ3v) is 5.04. The highest BCUT2D eigenvalue weighted by atomic mass is 19.1. The molecule has 1 aromatic heterocycles. The van der Waals surface area contributed by atoms with Crippen molar-refractivity contribution < 1.29 is 13.9 Å². The largest absolute Gasteiger partial charge is 0.444 e. The van der Waals surface area contributed by atoms with Crippen molar-refractivity contribution in [1.29, 1.82) is 5.26 Å². The summed E-state index contributed by atoms with van der Waals surface area (Å²) in [5.74, 6) is -0.407. The first-order valence-electron chi connectivity index (χ1n) is 9.52. The number of nitriles is 1. The number of aromatic amines is 1. The van der Waals surface area contributed by atoms with E-state index in [9.17, 15) is 10.1 Å². The molecule has 1 atom stereocenters. The molecule has 1 aliphatic carbocycles. The Balaban J connectivity index is 2.02. The van der Waals surface area contributed by atoms with Crippen LogP contribution in [-0.2, 0) is 4.74 Å². The lowest BCUT2D eigenvalue weighted by Crippen LogP contribution is -2.39. The highest BCUT2D eigenvalue weighted by Gasteiger charge is 2.25. The Labute approximate surface area is 164 Å². The van der Waals surface area contributed by atoms with Gasteiger partial charge in [-0.1, -0.05) is 6.08 Å². The summed E-state index contributed by atoms with van der Waals surface area (Å²) in [4.78, 5) is 15.3. The second kappa shape index (κ2) is 7.31. The van der Waals surface area contributed by atoms with Gasteiger partial charge in [0.05, 0.1) is 17.1 Å². The van der Waals surface area contributed by atoms with Crippen LogP contribution >= 0.6 is 0 Å². The van der Waals surface area contributed by atoms with Crippen molar-refractivity contribution in [2.24, 2.45) is 0 Å². The molecule has 3 rings (SSSR count). The predicted octanol–water partition coefficient (Wildman–Crippen LogP) is 5.26. The van der Waals surface area contributed by atoms with Crippen molar-refractivity contribution >= 4 is 22.6 Å². The molecule has 1 aliphatic rings. The molecule has 0 radical (unpaired) electrons. The smallest absolute Gasteiger partial charge is 0.408 e. The Kier molecular flexibility index (Phi) is 5.20. The van der Waals surface area contributed by atoms with Crippen molar-refractivity contribution in [2.75, 3.05) is 0 Å². The molecule has 2 aromatic rings. The van der Waals surface area contributed by atoms with E-state index in [1.54, 1.807) is 0 Å². The molecular weight excluding hydrogens is 357 g/mol. The van der Waals surface area contributed by atoms with E-state index in [0.29, 0.717) is 23.1 Å². The van der Waals surface area contributed by atoms with Crippen LogP contribution in [0.15, 0.2) is 12.1 Å². The first kappa shape index (κ1) is 19.9. The minimum atomic E-state index is -0.573. The Morgan fingerprint density at radius 1 is 1.39 bits per heavy atom. The van der Waals surface area contributed by atoms with Crippen LogP contribution in [0.4, 0.5) is 9.18 Å². The molecule has 6 heteroatoms. The number of nitrogens with zero attached hydrogens (tertiary/aromatic N) is 1. The second-order valence-electron chi connectivity index (χ2n) is 8.35. The normalized spacial score (nSPS) is 17.2. The second-order valence-corrected chi connectivity index (χ2v) is 8.35. The first-order chi connectivity index (χ1) is 13.1. The fourth-order valence-electron chi connectivity index (χ4n) is 3.73. The highest BCUT2D eigenvalue weighted by Crippen LogP contribution is 2.37. The van der Waals surface area contributed by atoms with Gasteiger partial charge >= 0.3 is 6.09 Å². The summed E-state index contributed by atoms with van der Waals surface area (Å²) in [5.41, 5.74) is 3.61. The zero-order valence-corrected chi connectivity index (χ0v) is 17.0. The van der Waals surface area contributed by atoms with Crippen molar-refractivity contribution in [3.8, 4) is 6.07 Å². The molecule has 0 spiro atoms. The van der Waals surface area contributed by atoms with Gasteiger partial charge in [-0.05, 0) is 71.1 Å². The Hall–Kier alpha value is -2.81. The zero-order chi connectivity index (χ0) is 20.6. The van der Waals surface area contributed by atoms with Crippen LogP contribution in [0.25, 0.3) is 16.5 Å². The number of amides is 1. The van der Waals surface area contributed by atoms with E-state index in [0.717, 1.165) is 35.1 Å². The third kappa shape index (κ3) is 3.89. The number of halogens is 1. The maximum Gasteiger partial charge on any atom is 0.408 e. The lowest BCUT2D eigenvalue weighted by atomic mass is 9.87. The van der Waals surface area contributed by atoms with E-state index in [4.69, 9.17) is 4.74 Å². The molecule has 0 fully saturated rings. The van der Waals surface area contributed by atoms with Gasteiger partial charge in [0.25, 0.3) is 0 Å². The summed E-state index contributed by atoms with van der Waals surface area (Å²) in [6.45, 7) is 9.29. The zero-order valence-electron chi connectivity index (χ0n) is 17.0. The molecule has 5 nitrogen and oxygen atoms in total. The molecular formula is C22H26FN3O2. The molecule has 28 heavy (non-hydrogen) atoms. The minimum absolute atomic E-state index is 0.218. The topological polar surface area (TPSA) is 77.9 Å². The summed E-state index contributed by atoms with van der Waals surface area (Å²) in [6.07, 6.45) is 3.76. The third-order valence-electron chi connectivity index (χ3n) is 5.04. The molecule has 1 amide bonds. The maximum atomic E-state index is 15.0. The van der Waals surface area contributed by atoms with Crippen LogP contribution in [0, 0.1) is 31.0 Å². The molecule has 148 valence electrons. The molecule has 2 N–H and O–H groups in total. The van der Waals surface area contributed by atoms with Gasteiger partial charge in [-0.15, -0.1) is 0 Å². The van der Waals surface area contributed by atoms with E-state index >= 15 is 4.39 Å². The number of hydrogen-bond acceptors (Lipinski definition) is 3. The molecule has 1 heterocycles. The van der Waals surface area contributed by atoms with Crippen LogP contribution < -0.4 is 5.32 Å². The Morgan fingerprint density at radius 2 is 2.11 bits per heavy atom. The van der Waals surface area contributed by atoms with E-state index in [-0.39, 0.29) is 6.04 Å². The summed E-state index contributed by atoms with van der Waals surface area (Å²) < 4.78 is 20.4. The highest BCUT2D eigenvalue weighted by molar-refractivity contribution is 5.98. The monoisotopic (exact) mass is 383 g/mol. The summed E-state index contributed by atoms with van der Waals surface area (Å²) in [6, 6.07) is 3.15. The number of allylic oxidation sites excluding steroid dienone is 1. The van der Waals surface area contributed by atoms with Gasteiger partial charge in [0, 0.05) is 16.6 Å². The number of alkyl carbamates (subject to hydrolysis) is 1. The number of H-pyrrole nitrogens is 1. The molecule has 0 saturated carbocycles. The fraction of sp³-hybridized carbons (Fsp3) is 0.455. The van der Waals surface area contributed by atoms with Crippen molar-refractivity contribution in [3.63, 3.8) is 0 Å². The molecule has 0 bridgehead atoms. The predicted molar refractivity (Wildman–Crippen MR) is 107 cm³/mol. The van der Waals surface area contributed by atoms with Crippen molar-refractivity contribution in [1.82, 2.24) is 10.3 Å². The number of carbonyl (C=O) groups excluding carboxylic acids is 1. The van der Waals surface area contributed by atoms with Gasteiger partial charge < -0.3 is 15.0 Å². The van der Waals surface area contributed by atoms with E-state index in [1.807, 2.05) is 40.7 Å². The van der Waals surface area contributed by atoms with Gasteiger partial charge in [0.15, 0.2) is 0 Å². The number of ether oxygens (including phenoxy) is 1. The fourth-order valence-corrected chi connectivity index (χ4v) is 3.73. The number of hydrogen-bond donors (Lipinski definition) is 2. The average molecular weight is 383 g/mol. The molecule has 0 saturated heterocycles. The van der Waals surface area contributed by atoms with Gasteiger partial charge in [0.2, 0.25) is 0 Å². The standard InChI is InChI=1S/C22H26FN3O2/c1-12-13(2)25-20-15(11-24)10-17(23)19(18(12)20)14-7-6-8-16(9-14)26-21(27)28-22(3,4)5/h9-10,16,25H,6-8H2,1-5H3,(H,26,27). The van der Waals surface area contributed by atoms with Gasteiger partial charge in [-0.2, -0.15) is 5.26 Å². The minimum Gasteiger partial charge on any atom is -0.444 e. The van der Waals surface area contributed by atoms with Crippen LogP contribution in [0.2, 0.25) is 0 Å². The van der Waals surface area contributed by atoms with E-state index in [1.165, 1.54) is 6.07 Å². The summed E-state index contributed by atoms with van der Waals surface area (Å²) >= 11 is 0. The first-order valence-corrected chi connectivity index (χ1v) is 9.52. The van der Waals surface area contributed by atoms with Crippen molar-refractivity contribution in [2.45, 2.75) is 65.5 Å². The van der Waals surface area contributed by atoms with Crippen LogP contribution in [0.3, 0.4) is 0 Å². The average Bonchev–Trinajstić information content (AvgIpc) is 2.88. The number of aromatic nitrogens is 1. The van der Waals surface area contributed by atoms with Crippen LogP contribution in [0.5, 0.6) is 0 Å². The van der Waals surface area contributed by atoms with Gasteiger partial charge in [-0.3, -0.25) is 0 Å². The van der Waals surface area contributed by atoms with E-state index in [2.05, 4.69) is 16.4 Å². The number of fused-ring (bicyclic) bond motifs is 1. The number of benzene rings is 1. The Morgan fingerprint density at radius 3 is 2.75 bits per heavy atom. The van der Waals surface area contributed by atoms with Crippen LogP contribution in [0.1, 0.15) is 62.4 Å². The van der Waals surface area contributed by atoms with Crippen molar-refractivity contribution in [3.05, 3.63) is 40.3 Å². The lowest BCUT2D eigenvalue weighted by molar-refractivity contribution is 0.0511. The molecule has 1 unspecified atom stereocenters. The molecule has 1 aromatic carbocycles. The van der Waals surface area contributed by atoms with E-state index < -0.39 is 17.5 Å². The SMILES string of the molecule is Cc1[nH]c2c(C#N)cc(F)c(C3=CC(NC(=O)OC(C)(C)C)CCC3)c2c1C. The number of rotatable bonds is 2. The number of nitrogens with one attached hydrogen (secondary N) is 2. The number of carbonyl (C=O) groups is 1.